The van der Waals surface area contributed by atoms with E-state index in [1.807, 2.05) is 0 Å². The third-order valence-electron chi connectivity index (χ3n) is 1.45. The number of amides is 2. The van der Waals surface area contributed by atoms with Gasteiger partial charge in [-0.1, -0.05) is 6.92 Å². The number of carbonyl (C=O) groups excluding carboxylic acids is 1. The molecule has 6 heteroatoms. The predicted octanol–water partition coefficient (Wildman–Crippen LogP) is 0.870. The third-order valence-corrected chi connectivity index (χ3v) is 1.45. The van der Waals surface area contributed by atoms with Crippen LogP contribution in [0.3, 0.4) is 0 Å². The molecule has 6 nitrogen and oxygen atoms in total. The molecule has 2 amide bonds. The van der Waals surface area contributed by atoms with Crippen LogP contribution in [0.2, 0.25) is 0 Å². The summed E-state index contributed by atoms with van der Waals surface area (Å²) in [5.74, 6) is -0.287. The standard InChI is InChI=1S/C7H11NO5/c1-5(2-3-9)4-8(6(10)11)7(12)13/h3,5H,2,4H2,1H3,(H,10,11)(H,12,13)/t5-/m1/s1. The zero-order chi connectivity index (χ0) is 10.4. The Hall–Kier alpha value is -1.59. The molecule has 13 heavy (non-hydrogen) atoms. The quantitative estimate of drug-likeness (QED) is 0.640. The summed E-state index contributed by atoms with van der Waals surface area (Å²) in [5.41, 5.74) is 0. The maximum absolute atomic E-state index is 10.3. The van der Waals surface area contributed by atoms with Crippen molar-refractivity contribution < 1.29 is 24.6 Å². The first-order valence-electron chi connectivity index (χ1n) is 3.66. The summed E-state index contributed by atoms with van der Waals surface area (Å²) in [7, 11) is 0. The molecule has 0 aromatic heterocycles. The lowest BCUT2D eigenvalue weighted by atomic mass is 10.1. The Kier molecular flexibility index (Phi) is 4.50. The fourth-order valence-electron chi connectivity index (χ4n) is 0.788. The molecule has 0 unspecified atom stereocenters. The zero-order valence-electron chi connectivity index (χ0n) is 7.14. The third kappa shape index (κ3) is 4.09. The number of hydrogen-bond acceptors (Lipinski definition) is 3. The lowest BCUT2D eigenvalue weighted by molar-refractivity contribution is -0.108. The summed E-state index contributed by atoms with van der Waals surface area (Å²) in [6.07, 6.45) is -2.26. The lowest BCUT2D eigenvalue weighted by Gasteiger charge is -2.16. The van der Waals surface area contributed by atoms with Crippen LogP contribution in [-0.4, -0.2) is 40.1 Å². The van der Waals surface area contributed by atoms with Crippen molar-refractivity contribution in [1.29, 1.82) is 0 Å². The number of rotatable bonds is 4. The van der Waals surface area contributed by atoms with E-state index in [2.05, 4.69) is 0 Å². The van der Waals surface area contributed by atoms with Gasteiger partial charge in [-0.25, -0.2) is 14.5 Å². The molecule has 0 aliphatic carbocycles. The first kappa shape index (κ1) is 11.4. The van der Waals surface area contributed by atoms with Gasteiger partial charge in [0, 0.05) is 13.0 Å². The maximum Gasteiger partial charge on any atom is 0.416 e. The van der Waals surface area contributed by atoms with Crippen LogP contribution in [0.4, 0.5) is 9.59 Å². The van der Waals surface area contributed by atoms with Crippen molar-refractivity contribution in [2.45, 2.75) is 13.3 Å². The second-order valence-corrected chi connectivity index (χ2v) is 2.68. The number of nitrogens with zero attached hydrogens (tertiary/aromatic N) is 1. The molecule has 0 saturated carbocycles. The van der Waals surface area contributed by atoms with Crippen LogP contribution in [0.25, 0.3) is 0 Å². The number of carbonyl (C=O) groups is 3. The number of imide groups is 1. The highest BCUT2D eigenvalue weighted by Crippen LogP contribution is 2.03. The van der Waals surface area contributed by atoms with Gasteiger partial charge in [0.05, 0.1) is 0 Å². The second kappa shape index (κ2) is 5.13. The van der Waals surface area contributed by atoms with Crippen molar-refractivity contribution in [1.82, 2.24) is 4.90 Å². The van der Waals surface area contributed by atoms with E-state index in [1.54, 1.807) is 6.92 Å². The van der Waals surface area contributed by atoms with E-state index in [-0.39, 0.29) is 23.8 Å². The Bertz CT molecular complexity index is 201. The molecule has 1 atom stereocenters. The molecule has 0 heterocycles. The van der Waals surface area contributed by atoms with Gasteiger partial charge < -0.3 is 15.0 Å². The summed E-state index contributed by atoms with van der Waals surface area (Å²) in [6, 6.07) is 0. The fraction of sp³-hybridized carbons (Fsp3) is 0.571. The van der Waals surface area contributed by atoms with Crippen molar-refractivity contribution in [2.24, 2.45) is 5.92 Å². The van der Waals surface area contributed by atoms with Crippen LogP contribution >= 0.6 is 0 Å². The molecular formula is C7H11NO5. The van der Waals surface area contributed by atoms with E-state index in [1.165, 1.54) is 0 Å². The van der Waals surface area contributed by atoms with Crippen molar-refractivity contribution in [3.8, 4) is 0 Å². The molecule has 0 bridgehead atoms. The Balaban J connectivity index is 4.17. The first-order chi connectivity index (χ1) is 5.99. The maximum atomic E-state index is 10.3. The van der Waals surface area contributed by atoms with Crippen LogP contribution in [0.1, 0.15) is 13.3 Å². The Morgan fingerprint density at radius 1 is 1.38 bits per heavy atom. The fourth-order valence-corrected chi connectivity index (χ4v) is 0.788. The van der Waals surface area contributed by atoms with Crippen LogP contribution in [-0.2, 0) is 4.79 Å². The number of carboxylic acid groups (broad SMARTS) is 2. The summed E-state index contributed by atoms with van der Waals surface area (Å²) in [5, 5.41) is 16.8. The Morgan fingerprint density at radius 3 is 2.15 bits per heavy atom. The van der Waals surface area contributed by atoms with E-state index in [0.29, 0.717) is 6.29 Å². The largest absolute Gasteiger partial charge is 0.465 e. The molecule has 0 rings (SSSR count). The van der Waals surface area contributed by atoms with Gasteiger partial charge in [-0.15, -0.1) is 0 Å². The molecule has 0 aromatic carbocycles. The second-order valence-electron chi connectivity index (χ2n) is 2.68. The minimum absolute atomic E-state index is 0.150. The monoisotopic (exact) mass is 189 g/mol. The highest BCUT2D eigenvalue weighted by Gasteiger charge is 2.21. The van der Waals surface area contributed by atoms with E-state index in [9.17, 15) is 14.4 Å². The van der Waals surface area contributed by atoms with Gasteiger partial charge in [-0.3, -0.25) is 0 Å². The highest BCUT2D eigenvalue weighted by molar-refractivity contribution is 5.85. The van der Waals surface area contributed by atoms with Crippen molar-refractivity contribution in [3.05, 3.63) is 0 Å². The number of aldehydes is 1. The van der Waals surface area contributed by atoms with Crippen molar-refractivity contribution in [3.63, 3.8) is 0 Å². The van der Waals surface area contributed by atoms with Gasteiger partial charge in [0.1, 0.15) is 6.29 Å². The van der Waals surface area contributed by atoms with Crippen LogP contribution < -0.4 is 0 Å². The van der Waals surface area contributed by atoms with E-state index in [4.69, 9.17) is 10.2 Å². The molecular weight excluding hydrogens is 178 g/mol. The summed E-state index contributed by atoms with van der Waals surface area (Å²) < 4.78 is 0. The average molecular weight is 189 g/mol. The molecule has 2 N–H and O–H groups in total. The van der Waals surface area contributed by atoms with E-state index in [0.717, 1.165) is 0 Å². The van der Waals surface area contributed by atoms with Gasteiger partial charge in [-0.05, 0) is 5.92 Å². The number of hydrogen-bond donors (Lipinski definition) is 2. The molecule has 0 aliphatic rings. The summed E-state index contributed by atoms with van der Waals surface area (Å²) >= 11 is 0. The smallest absolute Gasteiger partial charge is 0.416 e. The topological polar surface area (TPSA) is 94.9 Å². The summed E-state index contributed by atoms with van der Waals surface area (Å²) in [6.45, 7) is 1.43. The molecule has 0 spiro atoms. The highest BCUT2D eigenvalue weighted by atomic mass is 16.4. The average Bonchev–Trinajstić information content (AvgIpc) is 1.99. The Labute approximate surface area is 74.8 Å². The van der Waals surface area contributed by atoms with Crippen LogP contribution in [0.5, 0.6) is 0 Å². The molecule has 0 aliphatic heterocycles. The van der Waals surface area contributed by atoms with Crippen molar-refractivity contribution >= 4 is 18.5 Å². The van der Waals surface area contributed by atoms with E-state index >= 15 is 0 Å². The minimum atomic E-state index is -1.52. The van der Waals surface area contributed by atoms with Gasteiger partial charge >= 0.3 is 12.2 Å². The predicted molar refractivity (Wildman–Crippen MR) is 42.6 cm³/mol. The SMILES string of the molecule is C[C@H](CC=O)CN(C(=O)O)C(=O)O. The zero-order valence-corrected chi connectivity index (χ0v) is 7.14. The van der Waals surface area contributed by atoms with Gasteiger partial charge in [0.2, 0.25) is 0 Å². The van der Waals surface area contributed by atoms with Crippen LogP contribution in [0, 0.1) is 5.92 Å². The molecule has 0 fully saturated rings. The van der Waals surface area contributed by atoms with Gasteiger partial charge in [0.25, 0.3) is 0 Å². The lowest BCUT2D eigenvalue weighted by Crippen LogP contribution is -2.37. The van der Waals surface area contributed by atoms with Gasteiger partial charge in [-0.2, -0.15) is 0 Å². The Morgan fingerprint density at radius 2 is 1.85 bits per heavy atom. The molecule has 0 radical (unpaired) electrons. The molecule has 74 valence electrons. The summed E-state index contributed by atoms with van der Waals surface area (Å²) in [4.78, 5) is 31.0. The molecule has 0 saturated heterocycles. The van der Waals surface area contributed by atoms with Gasteiger partial charge in [0.15, 0.2) is 0 Å². The normalized spacial score (nSPS) is 11.8. The first-order valence-corrected chi connectivity index (χ1v) is 3.66. The van der Waals surface area contributed by atoms with Crippen LogP contribution in [0.15, 0.2) is 0 Å². The molecule has 0 aromatic rings. The van der Waals surface area contributed by atoms with Crippen molar-refractivity contribution in [2.75, 3.05) is 6.54 Å². The minimum Gasteiger partial charge on any atom is -0.465 e. The van der Waals surface area contributed by atoms with E-state index < -0.39 is 12.2 Å².